The Bertz CT molecular complexity index is 647. The molecular formula is C22H38N3O3S+. The van der Waals surface area contributed by atoms with Crippen LogP contribution < -0.4 is 4.74 Å². The Morgan fingerprint density at radius 1 is 1.28 bits per heavy atom. The first-order chi connectivity index (χ1) is 14.1. The zero-order valence-electron chi connectivity index (χ0n) is 18.3. The summed E-state index contributed by atoms with van der Waals surface area (Å²) in [5, 5.41) is 9.44. The van der Waals surface area contributed by atoms with Crippen LogP contribution in [0, 0.1) is 0 Å². The number of nitrogens with zero attached hydrogens (tertiary/aromatic N) is 3. The largest absolute Gasteiger partial charge is 0.475 e. The van der Waals surface area contributed by atoms with Gasteiger partial charge >= 0.3 is 0 Å². The summed E-state index contributed by atoms with van der Waals surface area (Å²) in [7, 11) is 2.22. The molecule has 2 heterocycles. The third-order valence-corrected chi connectivity index (χ3v) is 6.09. The molecule has 0 saturated carbocycles. The molecule has 0 fully saturated rings. The van der Waals surface area contributed by atoms with Gasteiger partial charge in [0.15, 0.2) is 6.23 Å². The summed E-state index contributed by atoms with van der Waals surface area (Å²) in [5.74, 6) is 0.666. The summed E-state index contributed by atoms with van der Waals surface area (Å²) < 4.78 is 21.4. The molecule has 0 aliphatic carbocycles. The number of ether oxygens (including phenoxy) is 2. The van der Waals surface area contributed by atoms with Crippen LogP contribution >= 0.6 is 11.7 Å². The van der Waals surface area contributed by atoms with Crippen LogP contribution in [0.3, 0.4) is 0 Å². The van der Waals surface area contributed by atoms with Crippen molar-refractivity contribution in [3.05, 3.63) is 23.9 Å². The first-order valence-electron chi connectivity index (χ1n) is 11.0. The molecule has 29 heavy (non-hydrogen) atoms. The summed E-state index contributed by atoms with van der Waals surface area (Å²) in [6, 6.07) is 0. The maximum Gasteiger partial charge on any atom is 0.253 e. The highest BCUT2D eigenvalue weighted by Gasteiger charge is 2.37. The fourth-order valence-corrected chi connectivity index (χ4v) is 4.42. The lowest BCUT2D eigenvalue weighted by molar-refractivity contribution is -0.950. The van der Waals surface area contributed by atoms with E-state index >= 15 is 0 Å². The summed E-state index contributed by atoms with van der Waals surface area (Å²) >= 11 is 1.21. The van der Waals surface area contributed by atoms with E-state index in [4.69, 9.17) is 9.47 Å². The van der Waals surface area contributed by atoms with Crippen LogP contribution in [0.5, 0.6) is 5.88 Å². The minimum Gasteiger partial charge on any atom is -0.475 e. The van der Waals surface area contributed by atoms with E-state index in [2.05, 4.69) is 40.9 Å². The van der Waals surface area contributed by atoms with E-state index in [-0.39, 0.29) is 13.0 Å². The van der Waals surface area contributed by atoms with Crippen LogP contribution in [0.15, 0.2) is 18.2 Å². The zero-order chi connectivity index (χ0) is 21.0. The highest BCUT2D eigenvalue weighted by molar-refractivity contribution is 6.99. The van der Waals surface area contributed by atoms with Gasteiger partial charge in [-0.1, -0.05) is 44.4 Å². The van der Waals surface area contributed by atoms with Crippen molar-refractivity contribution in [2.45, 2.75) is 71.4 Å². The molecule has 0 saturated heterocycles. The van der Waals surface area contributed by atoms with Crippen LogP contribution in [0.2, 0.25) is 0 Å². The average molecular weight is 425 g/mol. The molecule has 2 atom stereocenters. The number of quaternary nitrogens is 1. The fraction of sp³-hybridized carbons (Fsp3) is 0.727. The summed E-state index contributed by atoms with van der Waals surface area (Å²) in [4.78, 5) is 0. The van der Waals surface area contributed by atoms with Crippen molar-refractivity contribution < 1.29 is 19.1 Å². The fourth-order valence-electron chi connectivity index (χ4n) is 3.89. The number of likely N-dealkylation sites (N-methyl/N-ethyl adjacent to an activating group) is 1. The van der Waals surface area contributed by atoms with Crippen molar-refractivity contribution in [2.24, 2.45) is 0 Å². The van der Waals surface area contributed by atoms with Crippen LogP contribution in [0.4, 0.5) is 0 Å². The number of hydrogen-bond acceptors (Lipinski definition) is 6. The first-order valence-corrected chi connectivity index (χ1v) is 11.7. The predicted octanol–water partition coefficient (Wildman–Crippen LogP) is 4.77. The van der Waals surface area contributed by atoms with E-state index in [0.29, 0.717) is 12.5 Å². The van der Waals surface area contributed by atoms with Crippen LogP contribution in [-0.2, 0) is 4.74 Å². The van der Waals surface area contributed by atoms with Crippen molar-refractivity contribution in [2.75, 3.05) is 33.5 Å². The SMILES string of the molecule is CC=CCCCC(OCO)[N+]1(C)CCC=C(c2nsnc2OCCCCCC)C1. The highest BCUT2D eigenvalue weighted by atomic mass is 32.1. The van der Waals surface area contributed by atoms with E-state index in [1.807, 2.05) is 6.92 Å². The lowest BCUT2D eigenvalue weighted by Crippen LogP contribution is -2.56. The monoisotopic (exact) mass is 424 g/mol. The van der Waals surface area contributed by atoms with Crippen molar-refractivity contribution in [1.82, 2.24) is 8.75 Å². The second kappa shape index (κ2) is 13.1. The Morgan fingerprint density at radius 3 is 2.90 bits per heavy atom. The molecule has 7 heteroatoms. The second-order valence-corrected chi connectivity index (χ2v) is 8.49. The number of aromatic nitrogens is 2. The van der Waals surface area contributed by atoms with Crippen molar-refractivity contribution in [3.63, 3.8) is 0 Å². The average Bonchev–Trinajstić information content (AvgIpc) is 3.19. The Morgan fingerprint density at radius 2 is 2.14 bits per heavy atom. The Kier molecular flexibility index (Phi) is 10.8. The van der Waals surface area contributed by atoms with Gasteiger partial charge in [-0.15, -0.1) is 4.37 Å². The molecule has 6 nitrogen and oxygen atoms in total. The Hall–Kier alpha value is -1.28. The lowest BCUT2D eigenvalue weighted by Gasteiger charge is -2.43. The van der Waals surface area contributed by atoms with Crippen molar-refractivity contribution >= 4 is 17.3 Å². The second-order valence-electron chi connectivity index (χ2n) is 7.96. The molecular weight excluding hydrogens is 386 g/mol. The topological polar surface area (TPSA) is 64.5 Å². The van der Waals surface area contributed by atoms with Crippen LogP contribution in [-0.4, -0.2) is 58.1 Å². The number of aliphatic hydroxyl groups excluding tert-OH is 1. The van der Waals surface area contributed by atoms with Gasteiger partial charge < -0.3 is 14.6 Å². The Labute approximate surface area is 180 Å². The number of hydrogen-bond donors (Lipinski definition) is 1. The highest BCUT2D eigenvalue weighted by Crippen LogP contribution is 2.32. The van der Waals surface area contributed by atoms with Gasteiger partial charge in [0, 0.05) is 18.4 Å². The van der Waals surface area contributed by atoms with E-state index in [1.54, 1.807) is 0 Å². The molecule has 2 unspecified atom stereocenters. The van der Waals surface area contributed by atoms with Crippen molar-refractivity contribution in [3.8, 4) is 5.88 Å². The zero-order valence-corrected chi connectivity index (χ0v) is 19.1. The lowest BCUT2D eigenvalue weighted by atomic mass is 10.0. The quantitative estimate of drug-likeness (QED) is 0.202. The van der Waals surface area contributed by atoms with E-state index in [0.717, 1.165) is 55.4 Å². The number of rotatable bonds is 14. The molecule has 0 bridgehead atoms. The number of aliphatic hydroxyl groups is 1. The molecule has 1 aromatic rings. The van der Waals surface area contributed by atoms with Crippen molar-refractivity contribution in [1.29, 1.82) is 0 Å². The molecule has 164 valence electrons. The number of allylic oxidation sites excluding steroid dienone is 2. The number of unbranched alkanes of at least 4 members (excludes halogenated alkanes) is 4. The predicted molar refractivity (Wildman–Crippen MR) is 119 cm³/mol. The van der Waals surface area contributed by atoms with Crippen LogP contribution in [0.1, 0.15) is 70.9 Å². The molecule has 1 aliphatic rings. The third kappa shape index (κ3) is 7.48. The van der Waals surface area contributed by atoms with Gasteiger partial charge in [-0.2, -0.15) is 4.37 Å². The maximum atomic E-state index is 9.44. The van der Waals surface area contributed by atoms with Gasteiger partial charge in [-0.25, -0.2) is 0 Å². The van der Waals surface area contributed by atoms with Crippen LogP contribution in [0.25, 0.3) is 5.57 Å². The Balaban J connectivity index is 2.01. The van der Waals surface area contributed by atoms with Gasteiger partial charge in [0.25, 0.3) is 5.88 Å². The summed E-state index contributed by atoms with van der Waals surface area (Å²) in [6.45, 7) is 6.50. The van der Waals surface area contributed by atoms with Gasteiger partial charge in [0.05, 0.1) is 31.9 Å². The molecule has 0 radical (unpaired) electrons. The molecule has 1 aliphatic heterocycles. The summed E-state index contributed by atoms with van der Waals surface area (Å²) in [5.41, 5.74) is 2.06. The normalized spacial score (nSPS) is 20.8. The van der Waals surface area contributed by atoms with E-state index in [1.165, 1.54) is 36.6 Å². The van der Waals surface area contributed by atoms with Gasteiger partial charge in [0.1, 0.15) is 19.0 Å². The minimum absolute atomic E-state index is 0.0287. The van der Waals surface area contributed by atoms with Gasteiger partial charge in [-0.3, -0.25) is 4.48 Å². The standard InChI is InChI=1S/C22H38N3O3S/c1-4-6-8-10-14-20(28-18-26)25(3)15-12-13-19(17-25)21-22(24-29-23-21)27-16-11-9-7-5-2/h4,6,13,20,26H,5,7-12,14-18H2,1-3H3/q+1. The van der Waals surface area contributed by atoms with Gasteiger partial charge in [-0.05, 0) is 26.2 Å². The molecule has 2 rings (SSSR count). The van der Waals surface area contributed by atoms with E-state index < -0.39 is 0 Å². The first kappa shape index (κ1) is 24.0. The molecule has 0 aromatic carbocycles. The minimum atomic E-state index is -0.244. The summed E-state index contributed by atoms with van der Waals surface area (Å²) in [6.07, 6.45) is 15.2. The molecule has 1 N–H and O–H groups in total. The molecule has 1 aromatic heterocycles. The van der Waals surface area contributed by atoms with Gasteiger partial charge in [0.2, 0.25) is 0 Å². The maximum absolute atomic E-state index is 9.44. The molecule has 0 amide bonds. The smallest absolute Gasteiger partial charge is 0.253 e. The van der Waals surface area contributed by atoms with E-state index in [9.17, 15) is 5.11 Å². The molecule has 0 spiro atoms. The third-order valence-electron chi connectivity index (χ3n) is 5.58.